The molecule has 0 aromatic carbocycles. The summed E-state index contributed by atoms with van der Waals surface area (Å²) in [7, 11) is 0. The highest BCUT2D eigenvalue weighted by molar-refractivity contribution is 4.76. The predicted octanol–water partition coefficient (Wildman–Crippen LogP) is 3.72. The fourth-order valence-electron chi connectivity index (χ4n) is 2.56. The molecule has 2 atom stereocenters. The second-order valence-electron chi connectivity index (χ2n) is 5.16. The van der Waals surface area contributed by atoms with Gasteiger partial charge in [0.25, 0.3) is 0 Å². The summed E-state index contributed by atoms with van der Waals surface area (Å²) in [6, 6.07) is 0.475. The second-order valence-corrected chi connectivity index (χ2v) is 5.16. The van der Waals surface area contributed by atoms with Gasteiger partial charge in [0.15, 0.2) is 0 Å². The van der Waals surface area contributed by atoms with Gasteiger partial charge >= 0.3 is 0 Å². The summed E-state index contributed by atoms with van der Waals surface area (Å²) in [6.07, 6.45) is 11.0. The van der Waals surface area contributed by atoms with E-state index in [-0.39, 0.29) is 0 Å². The van der Waals surface area contributed by atoms with Crippen molar-refractivity contribution in [2.45, 2.75) is 71.3 Å². The molecule has 84 valence electrons. The first-order chi connectivity index (χ1) is 6.74. The first kappa shape index (κ1) is 12.0. The van der Waals surface area contributed by atoms with E-state index in [2.05, 4.69) is 13.8 Å². The molecule has 0 bridgehead atoms. The summed E-state index contributed by atoms with van der Waals surface area (Å²) in [5.41, 5.74) is 6.29. The minimum atomic E-state index is 0.475. The van der Waals surface area contributed by atoms with E-state index >= 15 is 0 Å². The van der Waals surface area contributed by atoms with Crippen LogP contribution in [0.2, 0.25) is 0 Å². The molecule has 0 heterocycles. The summed E-state index contributed by atoms with van der Waals surface area (Å²) >= 11 is 0. The summed E-state index contributed by atoms with van der Waals surface area (Å²) in [5, 5.41) is 0. The molecule has 1 saturated carbocycles. The van der Waals surface area contributed by atoms with Crippen LogP contribution < -0.4 is 5.73 Å². The fraction of sp³-hybridized carbons (Fsp3) is 1.00. The molecule has 0 radical (unpaired) electrons. The van der Waals surface area contributed by atoms with Crippen molar-refractivity contribution in [2.75, 3.05) is 0 Å². The van der Waals surface area contributed by atoms with Gasteiger partial charge in [-0.15, -0.1) is 0 Å². The van der Waals surface area contributed by atoms with Gasteiger partial charge in [0.05, 0.1) is 0 Å². The minimum Gasteiger partial charge on any atom is -0.327 e. The van der Waals surface area contributed by atoms with Crippen molar-refractivity contribution in [3.8, 4) is 0 Å². The Morgan fingerprint density at radius 1 is 1.14 bits per heavy atom. The zero-order chi connectivity index (χ0) is 10.4. The Hall–Kier alpha value is -0.0400. The highest BCUT2D eigenvalue weighted by Gasteiger charge is 2.20. The molecule has 0 amide bonds. The van der Waals surface area contributed by atoms with Gasteiger partial charge in [0, 0.05) is 6.04 Å². The van der Waals surface area contributed by atoms with Crippen molar-refractivity contribution < 1.29 is 0 Å². The smallest absolute Gasteiger partial charge is 0.00696 e. The summed E-state index contributed by atoms with van der Waals surface area (Å²) in [5.74, 6) is 1.64. The lowest BCUT2D eigenvalue weighted by Crippen LogP contribution is -2.31. The van der Waals surface area contributed by atoms with Crippen LogP contribution in [0.5, 0.6) is 0 Å². The number of nitrogens with two attached hydrogens (primary N) is 1. The molecule has 1 heteroatoms. The van der Waals surface area contributed by atoms with Crippen LogP contribution in [0.1, 0.15) is 65.2 Å². The van der Waals surface area contributed by atoms with Crippen molar-refractivity contribution in [3.05, 3.63) is 0 Å². The maximum atomic E-state index is 6.29. The molecule has 2 unspecified atom stereocenters. The first-order valence-electron chi connectivity index (χ1n) is 6.49. The Labute approximate surface area is 89.5 Å². The van der Waals surface area contributed by atoms with Crippen LogP contribution in [0.25, 0.3) is 0 Å². The van der Waals surface area contributed by atoms with Gasteiger partial charge in [-0.1, -0.05) is 46.0 Å². The maximum absolute atomic E-state index is 6.29. The third-order valence-electron chi connectivity index (χ3n) is 3.88. The van der Waals surface area contributed by atoms with Crippen LogP contribution in [0.3, 0.4) is 0 Å². The van der Waals surface area contributed by atoms with E-state index in [1.54, 1.807) is 0 Å². The van der Waals surface area contributed by atoms with Gasteiger partial charge in [-0.25, -0.2) is 0 Å². The Bertz CT molecular complexity index is 136. The normalized spacial score (nSPS) is 24.2. The minimum absolute atomic E-state index is 0.475. The topological polar surface area (TPSA) is 26.0 Å². The Kier molecular flexibility index (Phi) is 5.54. The number of hydrogen-bond donors (Lipinski definition) is 1. The SMILES string of the molecule is CCC(C)CC(N)C1CCCCCC1. The van der Waals surface area contributed by atoms with E-state index in [1.165, 1.54) is 51.4 Å². The summed E-state index contributed by atoms with van der Waals surface area (Å²) < 4.78 is 0. The molecular weight excluding hydrogens is 170 g/mol. The summed E-state index contributed by atoms with van der Waals surface area (Å²) in [6.45, 7) is 4.60. The molecule has 1 fully saturated rings. The van der Waals surface area contributed by atoms with E-state index in [9.17, 15) is 0 Å². The van der Waals surface area contributed by atoms with Gasteiger partial charge in [0.1, 0.15) is 0 Å². The summed E-state index contributed by atoms with van der Waals surface area (Å²) in [4.78, 5) is 0. The Balaban J connectivity index is 2.30. The largest absolute Gasteiger partial charge is 0.327 e. The van der Waals surface area contributed by atoms with Gasteiger partial charge in [-0.3, -0.25) is 0 Å². The molecule has 0 aromatic heterocycles. The molecule has 1 aliphatic rings. The highest BCUT2D eigenvalue weighted by atomic mass is 14.6. The molecule has 1 nitrogen and oxygen atoms in total. The van der Waals surface area contributed by atoms with Crippen LogP contribution in [-0.4, -0.2) is 6.04 Å². The zero-order valence-electron chi connectivity index (χ0n) is 9.97. The van der Waals surface area contributed by atoms with Crippen molar-refractivity contribution in [1.82, 2.24) is 0 Å². The van der Waals surface area contributed by atoms with Gasteiger partial charge < -0.3 is 5.73 Å². The molecule has 0 spiro atoms. The molecule has 0 aliphatic heterocycles. The van der Waals surface area contributed by atoms with Crippen molar-refractivity contribution >= 4 is 0 Å². The zero-order valence-corrected chi connectivity index (χ0v) is 9.97. The first-order valence-corrected chi connectivity index (χ1v) is 6.49. The van der Waals surface area contributed by atoms with E-state index in [0.29, 0.717) is 6.04 Å². The number of hydrogen-bond acceptors (Lipinski definition) is 1. The molecular formula is C13H27N. The van der Waals surface area contributed by atoms with E-state index in [4.69, 9.17) is 5.73 Å². The third-order valence-corrected chi connectivity index (χ3v) is 3.88. The van der Waals surface area contributed by atoms with E-state index in [1.807, 2.05) is 0 Å². The van der Waals surface area contributed by atoms with Crippen molar-refractivity contribution in [1.29, 1.82) is 0 Å². The van der Waals surface area contributed by atoms with E-state index in [0.717, 1.165) is 11.8 Å². The predicted molar refractivity (Wildman–Crippen MR) is 63.2 cm³/mol. The molecule has 2 N–H and O–H groups in total. The van der Waals surface area contributed by atoms with Crippen molar-refractivity contribution in [2.24, 2.45) is 17.6 Å². The van der Waals surface area contributed by atoms with Crippen LogP contribution in [-0.2, 0) is 0 Å². The lowest BCUT2D eigenvalue weighted by atomic mass is 9.86. The van der Waals surface area contributed by atoms with Crippen LogP contribution in [0.4, 0.5) is 0 Å². The monoisotopic (exact) mass is 197 g/mol. The van der Waals surface area contributed by atoms with Crippen LogP contribution >= 0.6 is 0 Å². The second kappa shape index (κ2) is 6.44. The molecule has 0 saturated heterocycles. The standard InChI is InChI=1S/C13H27N/c1-3-11(2)10-13(14)12-8-6-4-5-7-9-12/h11-13H,3-10,14H2,1-2H3. The van der Waals surface area contributed by atoms with Gasteiger partial charge in [0.2, 0.25) is 0 Å². The van der Waals surface area contributed by atoms with E-state index < -0.39 is 0 Å². The van der Waals surface area contributed by atoms with Gasteiger partial charge in [-0.05, 0) is 31.1 Å². The quantitative estimate of drug-likeness (QED) is 0.683. The molecule has 14 heavy (non-hydrogen) atoms. The fourth-order valence-corrected chi connectivity index (χ4v) is 2.56. The molecule has 0 aromatic rings. The average Bonchev–Trinajstić information content (AvgIpc) is 2.45. The van der Waals surface area contributed by atoms with Crippen molar-refractivity contribution in [3.63, 3.8) is 0 Å². The lowest BCUT2D eigenvalue weighted by Gasteiger charge is -2.24. The average molecular weight is 197 g/mol. The molecule has 1 rings (SSSR count). The third kappa shape index (κ3) is 4.00. The highest BCUT2D eigenvalue weighted by Crippen LogP contribution is 2.27. The lowest BCUT2D eigenvalue weighted by molar-refractivity contribution is 0.319. The van der Waals surface area contributed by atoms with Crippen LogP contribution in [0, 0.1) is 11.8 Å². The van der Waals surface area contributed by atoms with Crippen LogP contribution in [0.15, 0.2) is 0 Å². The Morgan fingerprint density at radius 2 is 1.71 bits per heavy atom. The maximum Gasteiger partial charge on any atom is 0.00696 e. The molecule has 1 aliphatic carbocycles. The number of rotatable bonds is 4. The van der Waals surface area contributed by atoms with Gasteiger partial charge in [-0.2, -0.15) is 0 Å². The Morgan fingerprint density at radius 3 is 2.21 bits per heavy atom.